The molecule has 1 amide bonds. The minimum Gasteiger partial charge on any atom is -0.355 e. The zero-order valence-corrected chi connectivity index (χ0v) is 19.6. The molecule has 0 unspecified atom stereocenters. The van der Waals surface area contributed by atoms with Crippen molar-refractivity contribution in [1.82, 2.24) is 19.8 Å². The van der Waals surface area contributed by atoms with E-state index in [2.05, 4.69) is 39.6 Å². The van der Waals surface area contributed by atoms with E-state index >= 15 is 0 Å². The normalized spacial score (nSPS) is 14.8. The fourth-order valence-electron chi connectivity index (χ4n) is 4.64. The highest BCUT2D eigenvalue weighted by Crippen LogP contribution is 2.28. The Bertz CT molecular complexity index is 1070. The molecule has 33 heavy (non-hydrogen) atoms. The van der Waals surface area contributed by atoms with Gasteiger partial charge >= 0.3 is 0 Å². The third-order valence-corrected chi connectivity index (χ3v) is 6.63. The van der Waals surface area contributed by atoms with Crippen molar-refractivity contribution in [2.45, 2.75) is 33.2 Å². The maximum absolute atomic E-state index is 13.8. The van der Waals surface area contributed by atoms with Crippen LogP contribution in [-0.2, 0) is 11.3 Å². The van der Waals surface area contributed by atoms with Crippen molar-refractivity contribution in [1.29, 1.82) is 0 Å². The van der Waals surface area contributed by atoms with Crippen LogP contribution in [0.5, 0.6) is 0 Å². The van der Waals surface area contributed by atoms with Gasteiger partial charge in [0.25, 0.3) is 0 Å². The Balaban J connectivity index is 1.43. The van der Waals surface area contributed by atoms with Gasteiger partial charge in [0.1, 0.15) is 5.82 Å². The standard InChI is InChI=1S/C26H34FN5O/c1-3-30(4-2)17-14-28-25(33)21-12-15-31(16-13-21)26-29-23-10-5-6-11-24(23)32(26)19-20-8-7-9-22(27)18-20/h5-11,18,21H,3-4,12-17,19H2,1-2H3,(H,28,33). The first-order valence-electron chi connectivity index (χ1n) is 12.0. The van der Waals surface area contributed by atoms with E-state index in [0.717, 1.165) is 68.1 Å². The van der Waals surface area contributed by atoms with E-state index in [4.69, 9.17) is 4.98 Å². The maximum Gasteiger partial charge on any atom is 0.223 e. The number of hydrogen-bond donors (Lipinski definition) is 1. The smallest absolute Gasteiger partial charge is 0.223 e. The summed E-state index contributed by atoms with van der Waals surface area (Å²) in [6.07, 6.45) is 1.61. The molecule has 2 aromatic carbocycles. The van der Waals surface area contributed by atoms with E-state index in [9.17, 15) is 9.18 Å². The Morgan fingerprint density at radius 2 is 1.88 bits per heavy atom. The van der Waals surface area contributed by atoms with Gasteiger partial charge in [-0.2, -0.15) is 0 Å². The number of carbonyl (C=O) groups is 1. The Kier molecular flexibility index (Phi) is 7.60. The van der Waals surface area contributed by atoms with Crippen LogP contribution in [0.15, 0.2) is 48.5 Å². The Labute approximate surface area is 195 Å². The molecule has 3 aromatic rings. The number of carbonyl (C=O) groups excluding carboxylic acids is 1. The van der Waals surface area contributed by atoms with Crippen molar-refractivity contribution in [2.75, 3.05) is 44.2 Å². The second-order valence-electron chi connectivity index (χ2n) is 8.70. The molecular weight excluding hydrogens is 417 g/mol. The Morgan fingerprint density at radius 3 is 2.61 bits per heavy atom. The number of imidazole rings is 1. The van der Waals surface area contributed by atoms with E-state index in [1.54, 1.807) is 12.1 Å². The fraction of sp³-hybridized carbons (Fsp3) is 0.462. The molecule has 176 valence electrons. The van der Waals surface area contributed by atoms with Crippen molar-refractivity contribution >= 4 is 22.9 Å². The Hall–Kier alpha value is -2.93. The molecule has 1 aliphatic heterocycles. The quantitative estimate of drug-likeness (QED) is 0.536. The lowest BCUT2D eigenvalue weighted by Crippen LogP contribution is -2.43. The molecule has 0 aliphatic carbocycles. The number of amides is 1. The monoisotopic (exact) mass is 451 g/mol. The molecule has 0 radical (unpaired) electrons. The largest absolute Gasteiger partial charge is 0.355 e. The maximum atomic E-state index is 13.8. The number of fused-ring (bicyclic) bond motifs is 1. The highest BCUT2D eigenvalue weighted by molar-refractivity contribution is 5.80. The van der Waals surface area contributed by atoms with Gasteiger partial charge in [-0.05, 0) is 55.8 Å². The first-order valence-corrected chi connectivity index (χ1v) is 12.0. The van der Waals surface area contributed by atoms with Crippen LogP contribution in [0.4, 0.5) is 10.3 Å². The minimum atomic E-state index is -0.230. The molecule has 7 heteroatoms. The zero-order chi connectivity index (χ0) is 23.2. The first-order chi connectivity index (χ1) is 16.1. The lowest BCUT2D eigenvalue weighted by molar-refractivity contribution is -0.125. The van der Waals surface area contributed by atoms with Gasteiger partial charge in [-0.1, -0.05) is 38.1 Å². The summed E-state index contributed by atoms with van der Waals surface area (Å²) in [5.41, 5.74) is 2.87. The molecule has 2 heterocycles. The van der Waals surface area contributed by atoms with Gasteiger partial charge in [-0.3, -0.25) is 4.79 Å². The lowest BCUT2D eigenvalue weighted by atomic mass is 9.96. The summed E-state index contributed by atoms with van der Waals surface area (Å²) in [5, 5.41) is 3.12. The van der Waals surface area contributed by atoms with Crippen LogP contribution in [0.3, 0.4) is 0 Å². The number of benzene rings is 2. The number of nitrogens with zero attached hydrogens (tertiary/aromatic N) is 4. The second-order valence-corrected chi connectivity index (χ2v) is 8.70. The number of hydrogen-bond acceptors (Lipinski definition) is 4. The highest BCUT2D eigenvalue weighted by Gasteiger charge is 2.27. The van der Waals surface area contributed by atoms with Crippen LogP contribution in [-0.4, -0.2) is 59.6 Å². The van der Waals surface area contributed by atoms with Crippen LogP contribution in [0.2, 0.25) is 0 Å². The third kappa shape index (κ3) is 5.53. The molecule has 0 saturated carbocycles. The summed E-state index contributed by atoms with van der Waals surface area (Å²) in [5.74, 6) is 0.862. The second kappa shape index (κ2) is 10.8. The topological polar surface area (TPSA) is 53.4 Å². The van der Waals surface area contributed by atoms with E-state index in [-0.39, 0.29) is 17.6 Å². The molecule has 0 atom stereocenters. The van der Waals surface area contributed by atoms with Gasteiger partial charge in [-0.15, -0.1) is 0 Å². The summed E-state index contributed by atoms with van der Waals surface area (Å²) in [4.78, 5) is 22.2. The van der Waals surface area contributed by atoms with Crippen LogP contribution in [0, 0.1) is 11.7 Å². The zero-order valence-electron chi connectivity index (χ0n) is 19.6. The van der Waals surface area contributed by atoms with Crippen molar-refractivity contribution in [2.24, 2.45) is 5.92 Å². The van der Waals surface area contributed by atoms with Gasteiger partial charge in [0.2, 0.25) is 11.9 Å². The molecule has 4 rings (SSSR count). The number of anilines is 1. The van der Waals surface area contributed by atoms with Crippen LogP contribution in [0.1, 0.15) is 32.3 Å². The van der Waals surface area contributed by atoms with Crippen molar-refractivity contribution < 1.29 is 9.18 Å². The summed E-state index contributed by atoms with van der Waals surface area (Å²) >= 11 is 0. The molecule has 1 aliphatic rings. The van der Waals surface area contributed by atoms with Crippen LogP contribution in [0.25, 0.3) is 11.0 Å². The molecule has 6 nitrogen and oxygen atoms in total. The van der Waals surface area contributed by atoms with E-state index in [1.165, 1.54) is 6.07 Å². The van der Waals surface area contributed by atoms with Gasteiger partial charge in [0.05, 0.1) is 17.6 Å². The van der Waals surface area contributed by atoms with Gasteiger partial charge in [0, 0.05) is 32.1 Å². The summed E-state index contributed by atoms with van der Waals surface area (Å²) in [6.45, 7) is 9.99. The van der Waals surface area contributed by atoms with Gasteiger partial charge < -0.3 is 19.7 Å². The SMILES string of the molecule is CCN(CC)CCNC(=O)C1CCN(c2nc3ccccc3n2Cc2cccc(F)c2)CC1. The fourth-order valence-corrected chi connectivity index (χ4v) is 4.64. The van der Waals surface area contributed by atoms with E-state index < -0.39 is 0 Å². The van der Waals surface area contributed by atoms with Crippen molar-refractivity contribution in [3.05, 3.63) is 59.9 Å². The third-order valence-electron chi connectivity index (χ3n) is 6.63. The molecule has 1 aromatic heterocycles. The summed E-state index contributed by atoms with van der Waals surface area (Å²) < 4.78 is 15.9. The molecule has 0 spiro atoms. The summed E-state index contributed by atoms with van der Waals surface area (Å²) in [7, 11) is 0. The first kappa shape index (κ1) is 23.2. The highest BCUT2D eigenvalue weighted by atomic mass is 19.1. The van der Waals surface area contributed by atoms with Crippen molar-refractivity contribution in [3.8, 4) is 0 Å². The molecule has 1 saturated heterocycles. The predicted octanol–water partition coefficient (Wildman–Crippen LogP) is 3.90. The average Bonchev–Trinajstić information content (AvgIpc) is 3.20. The number of aromatic nitrogens is 2. The average molecular weight is 452 g/mol. The molecule has 1 N–H and O–H groups in total. The van der Waals surface area contributed by atoms with Crippen LogP contribution >= 0.6 is 0 Å². The molecular formula is C26H34FN5O. The number of piperidine rings is 1. The number of nitrogens with one attached hydrogen (secondary N) is 1. The number of likely N-dealkylation sites (N-methyl/N-ethyl adjacent to an activating group) is 1. The van der Waals surface area contributed by atoms with Crippen molar-refractivity contribution in [3.63, 3.8) is 0 Å². The molecule has 0 bridgehead atoms. The lowest BCUT2D eigenvalue weighted by Gasteiger charge is -2.32. The summed E-state index contributed by atoms with van der Waals surface area (Å²) in [6, 6.07) is 14.8. The minimum absolute atomic E-state index is 0.0407. The number of para-hydroxylation sites is 2. The van der Waals surface area contributed by atoms with Crippen LogP contribution < -0.4 is 10.2 Å². The number of halogens is 1. The van der Waals surface area contributed by atoms with Gasteiger partial charge in [0.15, 0.2) is 0 Å². The van der Waals surface area contributed by atoms with E-state index in [0.29, 0.717) is 13.1 Å². The Morgan fingerprint density at radius 1 is 1.12 bits per heavy atom. The van der Waals surface area contributed by atoms with E-state index in [1.807, 2.05) is 24.3 Å². The van der Waals surface area contributed by atoms with Gasteiger partial charge in [-0.25, -0.2) is 9.37 Å². The number of rotatable bonds is 9. The predicted molar refractivity (Wildman–Crippen MR) is 131 cm³/mol. The molecule has 1 fully saturated rings.